The number of esters is 1. The van der Waals surface area contributed by atoms with Gasteiger partial charge in [-0.1, -0.05) is 18.2 Å². The molecule has 1 heterocycles. The highest BCUT2D eigenvalue weighted by molar-refractivity contribution is 5.87. The second-order valence-electron chi connectivity index (χ2n) is 4.14. The fraction of sp³-hybridized carbons (Fsp3) is 0.200. The summed E-state index contributed by atoms with van der Waals surface area (Å²) in [6.45, 7) is 0.788. The summed E-state index contributed by atoms with van der Waals surface area (Å²) in [5.41, 5.74) is 7.51. The number of methoxy groups -OCH3 is 1. The number of hydrogen-bond acceptors (Lipinski definition) is 5. The van der Waals surface area contributed by atoms with Gasteiger partial charge >= 0.3 is 5.97 Å². The number of nitrogens with zero attached hydrogens (tertiary/aromatic N) is 1. The number of hydrogen-bond donors (Lipinski definition) is 1. The quantitative estimate of drug-likeness (QED) is 0.841. The van der Waals surface area contributed by atoms with Crippen LogP contribution < -0.4 is 10.5 Å². The molecule has 0 spiro atoms. The number of nitrogens with two attached hydrogens (primary N) is 1. The van der Waals surface area contributed by atoms with Crippen LogP contribution in [0.4, 0.5) is 0 Å². The van der Waals surface area contributed by atoms with E-state index in [1.54, 1.807) is 18.2 Å². The van der Waals surface area contributed by atoms with Crippen molar-refractivity contribution in [1.82, 2.24) is 4.98 Å². The third-order valence-corrected chi connectivity index (χ3v) is 2.75. The predicted octanol–water partition coefficient (Wildman–Crippen LogP) is 1.91. The Bertz CT molecular complexity index is 582. The van der Waals surface area contributed by atoms with Gasteiger partial charge in [0.25, 0.3) is 0 Å². The molecule has 0 saturated carbocycles. The van der Waals surface area contributed by atoms with Crippen molar-refractivity contribution < 1.29 is 14.3 Å². The number of rotatable bonds is 5. The lowest BCUT2D eigenvalue weighted by atomic mass is 10.2. The van der Waals surface area contributed by atoms with Gasteiger partial charge in [0.15, 0.2) is 0 Å². The largest absolute Gasteiger partial charge is 0.487 e. The highest BCUT2D eigenvalue weighted by Gasteiger charge is 2.07. The predicted molar refractivity (Wildman–Crippen MR) is 74.2 cm³/mol. The smallest absolute Gasteiger partial charge is 0.356 e. The number of ether oxygens (including phenoxy) is 2. The van der Waals surface area contributed by atoms with Gasteiger partial charge in [-0.25, -0.2) is 9.78 Å². The first-order valence-electron chi connectivity index (χ1n) is 6.19. The standard InChI is InChI=1S/C15H16N2O3/c1-19-15(18)14-4-2-3-12(17-14)10-20-13-7-5-11(9-16)6-8-13/h2-8H,9-10,16H2,1H3. The summed E-state index contributed by atoms with van der Waals surface area (Å²) >= 11 is 0. The molecular weight excluding hydrogens is 256 g/mol. The van der Waals surface area contributed by atoms with Gasteiger partial charge in [-0.15, -0.1) is 0 Å². The minimum absolute atomic E-state index is 0.270. The molecule has 20 heavy (non-hydrogen) atoms. The third kappa shape index (κ3) is 3.55. The Labute approximate surface area is 117 Å². The Morgan fingerprint density at radius 2 is 1.95 bits per heavy atom. The van der Waals surface area contributed by atoms with Gasteiger partial charge in [0.2, 0.25) is 0 Å². The van der Waals surface area contributed by atoms with Crippen LogP contribution in [0.5, 0.6) is 5.75 Å². The van der Waals surface area contributed by atoms with Gasteiger partial charge in [0.1, 0.15) is 18.1 Å². The van der Waals surface area contributed by atoms with Crippen molar-refractivity contribution in [3.05, 3.63) is 59.4 Å². The average Bonchev–Trinajstić information content (AvgIpc) is 2.53. The van der Waals surface area contributed by atoms with E-state index in [0.29, 0.717) is 12.2 Å². The van der Waals surface area contributed by atoms with Crippen molar-refractivity contribution in [2.45, 2.75) is 13.2 Å². The summed E-state index contributed by atoms with van der Waals surface area (Å²) in [6, 6.07) is 12.7. The van der Waals surface area contributed by atoms with Gasteiger partial charge in [-0.3, -0.25) is 0 Å². The van der Waals surface area contributed by atoms with Gasteiger partial charge in [0.05, 0.1) is 12.8 Å². The Hall–Kier alpha value is -2.40. The van der Waals surface area contributed by atoms with E-state index in [1.807, 2.05) is 24.3 Å². The normalized spacial score (nSPS) is 10.1. The van der Waals surface area contributed by atoms with Crippen LogP contribution in [-0.2, 0) is 17.9 Å². The van der Waals surface area contributed by atoms with E-state index in [0.717, 1.165) is 11.3 Å². The SMILES string of the molecule is COC(=O)c1cccc(COc2ccc(CN)cc2)n1. The van der Waals surface area contributed by atoms with Crippen molar-refractivity contribution in [2.24, 2.45) is 5.73 Å². The molecule has 0 aliphatic heterocycles. The van der Waals surface area contributed by atoms with Gasteiger partial charge in [-0.05, 0) is 29.8 Å². The summed E-state index contributed by atoms with van der Waals surface area (Å²) in [7, 11) is 1.33. The lowest BCUT2D eigenvalue weighted by Crippen LogP contribution is -2.07. The lowest BCUT2D eigenvalue weighted by Gasteiger charge is -2.07. The minimum Gasteiger partial charge on any atom is -0.487 e. The van der Waals surface area contributed by atoms with Crippen LogP contribution in [0.1, 0.15) is 21.7 Å². The molecule has 0 radical (unpaired) electrons. The molecule has 0 bridgehead atoms. The third-order valence-electron chi connectivity index (χ3n) is 2.75. The van der Waals surface area contributed by atoms with Crippen molar-refractivity contribution in [2.75, 3.05) is 7.11 Å². The molecule has 5 heteroatoms. The first-order chi connectivity index (χ1) is 9.72. The van der Waals surface area contributed by atoms with E-state index in [2.05, 4.69) is 9.72 Å². The van der Waals surface area contributed by atoms with Crippen molar-refractivity contribution in [3.63, 3.8) is 0 Å². The van der Waals surface area contributed by atoms with Crippen molar-refractivity contribution in [3.8, 4) is 5.75 Å². The zero-order valence-corrected chi connectivity index (χ0v) is 11.2. The molecule has 104 valence electrons. The Morgan fingerprint density at radius 1 is 1.20 bits per heavy atom. The molecule has 1 aromatic carbocycles. The molecule has 0 unspecified atom stereocenters. The zero-order valence-electron chi connectivity index (χ0n) is 11.2. The van der Waals surface area contributed by atoms with Gasteiger partial charge in [-0.2, -0.15) is 0 Å². The summed E-state index contributed by atoms with van der Waals surface area (Å²) in [6.07, 6.45) is 0. The number of pyridine rings is 1. The molecule has 2 rings (SSSR count). The second kappa shape index (κ2) is 6.68. The van der Waals surface area contributed by atoms with E-state index >= 15 is 0 Å². The van der Waals surface area contributed by atoms with E-state index in [1.165, 1.54) is 7.11 Å². The van der Waals surface area contributed by atoms with E-state index < -0.39 is 5.97 Å². The molecule has 0 aliphatic rings. The summed E-state index contributed by atoms with van der Waals surface area (Å²) < 4.78 is 10.2. The molecule has 1 aromatic heterocycles. The topological polar surface area (TPSA) is 74.4 Å². The van der Waals surface area contributed by atoms with Crippen LogP contribution in [-0.4, -0.2) is 18.1 Å². The maximum absolute atomic E-state index is 11.4. The summed E-state index contributed by atoms with van der Waals surface area (Å²) in [5.74, 6) is 0.270. The second-order valence-corrected chi connectivity index (χ2v) is 4.14. The van der Waals surface area contributed by atoms with Crippen LogP contribution in [0.25, 0.3) is 0 Å². The van der Waals surface area contributed by atoms with Crippen LogP contribution >= 0.6 is 0 Å². The Kier molecular flexibility index (Phi) is 4.68. The number of benzene rings is 1. The highest BCUT2D eigenvalue weighted by Crippen LogP contribution is 2.13. The zero-order chi connectivity index (χ0) is 14.4. The summed E-state index contributed by atoms with van der Waals surface area (Å²) in [4.78, 5) is 15.5. The van der Waals surface area contributed by atoms with Crippen LogP contribution in [0.2, 0.25) is 0 Å². The van der Waals surface area contributed by atoms with E-state index in [9.17, 15) is 4.79 Å². The van der Waals surface area contributed by atoms with E-state index in [4.69, 9.17) is 10.5 Å². The lowest BCUT2D eigenvalue weighted by molar-refractivity contribution is 0.0593. The van der Waals surface area contributed by atoms with Gasteiger partial charge in [0, 0.05) is 6.54 Å². The van der Waals surface area contributed by atoms with Crippen molar-refractivity contribution in [1.29, 1.82) is 0 Å². The Morgan fingerprint density at radius 3 is 2.60 bits per heavy atom. The molecule has 5 nitrogen and oxygen atoms in total. The first kappa shape index (κ1) is 14.0. The molecule has 2 N–H and O–H groups in total. The maximum atomic E-state index is 11.4. The van der Waals surface area contributed by atoms with Crippen molar-refractivity contribution >= 4 is 5.97 Å². The molecular formula is C15H16N2O3. The molecule has 0 fully saturated rings. The maximum Gasteiger partial charge on any atom is 0.356 e. The Balaban J connectivity index is 2.01. The van der Waals surface area contributed by atoms with Crippen LogP contribution in [0.15, 0.2) is 42.5 Å². The highest BCUT2D eigenvalue weighted by atomic mass is 16.5. The first-order valence-corrected chi connectivity index (χ1v) is 6.19. The van der Waals surface area contributed by atoms with Crippen LogP contribution in [0, 0.1) is 0 Å². The molecule has 0 aliphatic carbocycles. The molecule has 0 saturated heterocycles. The van der Waals surface area contributed by atoms with E-state index in [-0.39, 0.29) is 12.3 Å². The number of carbonyl (C=O) groups is 1. The fourth-order valence-corrected chi connectivity index (χ4v) is 1.66. The monoisotopic (exact) mass is 272 g/mol. The fourth-order valence-electron chi connectivity index (χ4n) is 1.66. The average molecular weight is 272 g/mol. The number of carbonyl (C=O) groups excluding carboxylic acids is 1. The molecule has 0 atom stereocenters. The molecule has 2 aromatic rings. The minimum atomic E-state index is -0.459. The number of aromatic nitrogens is 1. The summed E-state index contributed by atoms with van der Waals surface area (Å²) in [5, 5.41) is 0. The molecule has 0 amide bonds. The van der Waals surface area contributed by atoms with Crippen LogP contribution in [0.3, 0.4) is 0 Å². The van der Waals surface area contributed by atoms with Gasteiger partial charge < -0.3 is 15.2 Å².